The molecule has 2 rings (SSSR count). The summed E-state index contributed by atoms with van der Waals surface area (Å²) in [7, 11) is 0. The number of carbonyl (C=O) groups excluding carboxylic acids is 1. The molecule has 14 heavy (non-hydrogen) atoms. The van der Waals surface area contributed by atoms with Crippen molar-refractivity contribution in [3.63, 3.8) is 0 Å². The number of nitrogens with zero attached hydrogens (tertiary/aromatic N) is 1. The average Bonchev–Trinajstić information content (AvgIpc) is 2.57. The molecule has 3 heteroatoms. The molecule has 0 aromatic rings. The number of alkyl halides is 1. The van der Waals surface area contributed by atoms with Gasteiger partial charge in [-0.15, -0.1) is 0 Å². The van der Waals surface area contributed by atoms with Gasteiger partial charge in [0.2, 0.25) is 5.91 Å². The quantitative estimate of drug-likeness (QED) is 0.663. The molecule has 3 unspecified atom stereocenters. The minimum atomic E-state index is 0.0900. The Morgan fingerprint density at radius 3 is 2.79 bits per heavy atom. The Kier molecular flexibility index (Phi) is 3.15. The van der Waals surface area contributed by atoms with E-state index in [0.717, 1.165) is 25.3 Å². The molecular formula is C11H18BrNO. The lowest BCUT2D eigenvalue weighted by atomic mass is 10.1. The number of amides is 1. The molecule has 2 nitrogen and oxygen atoms in total. The maximum atomic E-state index is 11.9. The number of likely N-dealkylation sites (tertiary alicyclic amines) is 1. The van der Waals surface area contributed by atoms with E-state index in [2.05, 4.69) is 27.8 Å². The van der Waals surface area contributed by atoms with Crippen molar-refractivity contribution in [1.29, 1.82) is 0 Å². The van der Waals surface area contributed by atoms with Crippen LogP contribution in [0.1, 0.15) is 39.0 Å². The molecule has 1 heterocycles. The van der Waals surface area contributed by atoms with Crippen molar-refractivity contribution in [2.24, 2.45) is 5.92 Å². The summed E-state index contributed by atoms with van der Waals surface area (Å²) in [6.45, 7) is 3.28. The molecule has 0 spiro atoms. The van der Waals surface area contributed by atoms with Gasteiger partial charge < -0.3 is 4.90 Å². The van der Waals surface area contributed by atoms with Gasteiger partial charge in [-0.1, -0.05) is 22.9 Å². The van der Waals surface area contributed by atoms with Gasteiger partial charge in [0.25, 0.3) is 0 Å². The monoisotopic (exact) mass is 259 g/mol. The Bertz CT molecular complexity index is 231. The third kappa shape index (κ3) is 1.97. The Balaban J connectivity index is 1.99. The second-order valence-corrected chi connectivity index (χ2v) is 5.82. The summed E-state index contributed by atoms with van der Waals surface area (Å²) in [5.74, 6) is 1.14. The van der Waals surface area contributed by atoms with Gasteiger partial charge in [-0.05, 0) is 38.0 Å². The van der Waals surface area contributed by atoms with Gasteiger partial charge in [-0.25, -0.2) is 0 Å². The standard InChI is InChI=1S/C11H18BrNO/c1-8-4-5-9(7-8)13-6-2-3-10(12)11(13)14/h8-10H,2-7H2,1H3. The number of piperidine rings is 1. The predicted octanol–water partition coefficient (Wildman–Crippen LogP) is 2.56. The van der Waals surface area contributed by atoms with E-state index >= 15 is 0 Å². The summed E-state index contributed by atoms with van der Waals surface area (Å²) in [6.07, 6.45) is 5.89. The topological polar surface area (TPSA) is 20.3 Å². The predicted molar refractivity (Wildman–Crippen MR) is 60.5 cm³/mol. The van der Waals surface area contributed by atoms with Crippen LogP contribution < -0.4 is 0 Å². The van der Waals surface area contributed by atoms with Gasteiger partial charge >= 0.3 is 0 Å². The van der Waals surface area contributed by atoms with E-state index in [1.165, 1.54) is 19.3 Å². The molecule has 0 radical (unpaired) electrons. The second kappa shape index (κ2) is 4.21. The summed E-state index contributed by atoms with van der Waals surface area (Å²) >= 11 is 3.47. The van der Waals surface area contributed by atoms with Crippen LogP contribution >= 0.6 is 15.9 Å². The lowest BCUT2D eigenvalue weighted by molar-refractivity contribution is -0.134. The average molecular weight is 260 g/mol. The lowest BCUT2D eigenvalue weighted by Crippen LogP contribution is -2.46. The fraction of sp³-hybridized carbons (Fsp3) is 0.909. The smallest absolute Gasteiger partial charge is 0.236 e. The largest absolute Gasteiger partial charge is 0.339 e. The summed E-state index contributed by atoms with van der Waals surface area (Å²) in [5.41, 5.74) is 0. The van der Waals surface area contributed by atoms with Gasteiger partial charge in [0, 0.05) is 12.6 Å². The molecule has 1 aliphatic carbocycles. The minimum absolute atomic E-state index is 0.0900. The molecule has 2 fully saturated rings. The van der Waals surface area contributed by atoms with Crippen LogP contribution in [-0.2, 0) is 4.79 Å². The lowest BCUT2D eigenvalue weighted by Gasteiger charge is -2.34. The molecule has 0 N–H and O–H groups in total. The Hall–Kier alpha value is -0.0500. The molecule has 1 aliphatic heterocycles. The maximum absolute atomic E-state index is 11.9. The normalized spacial score (nSPS) is 39.1. The highest BCUT2D eigenvalue weighted by Crippen LogP contribution is 2.32. The highest BCUT2D eigenvalue weighted by Gasteiger charge is 2.34. The van der Waals surface area contributed by atoms with E-state index < -0.39 is 0 Å². The zero-order chi connectivity index (χ0) is 10.1. The van der Waals surface area contributed by atoms with E-state index in [1.54, 1.807) is 0 Å². The van der Waals surface area contributed by atoms with Crippen molar-refractivity contribution < 1.29 is 4.79 Å². The van der Waals surface area contributed by atoms with Crippen LogP contribution in [-0.4, -0.2) is 28.2 Å². The zero-order valence-corrected chi connectivity index (χ0v) is 10.3. The Morgan fingerprint density at radius 1 is 1.36 bits per heavy atom. The van der Waals surface area contributed by atoms with Crippen molar-refractivity contribution in [1.82, 2.24) is 4.90 Å². The van der Waals surface area contributed by atoms with Gasteiger partial charge in [-0.3, -0.25) is 4.79 Å². The SMILES string of the molecule is CC1CCC(N2CCCC(Br)C2=O)C1. The molecular weight excluding hydrogens is 242 g/mol. The molecule has 0 bridgehead atoms. The molecule has 2 aliphatic rings. The number of carbonyl (C=O) groups is 1. The third-order valence-corrected chi connectivity index (χ3v) is 4.37. The van der Waals surface area contributed by atoms with Crippen molar-refractivity contribution in [2.75, 3.05) is 6.54 Å². The first kappa shape index (κ1) is 10.5. The van der Waals surface area contributed by atoms with Crippen LogP contribution in [0.5, 0.6) is 0 Å². The molecule has 0 aromatic heterocycles. The van der Waals surface area contributed by atoms with Crippen molar-refractivity contribution in [3.05, 3.63) is 0 Å². The summed E-state index contributed by atoms with van der Waals surface area (Å²) < 4.78 is 0. The van der Waals surface area contributed by atoms with Crippen molar-refractivity contribution >= 4 is 21.8 Å². The van der Waals surface area contributed by atoms with E-state index in [4.69, 9.17) is 0 Å². The molecule has 0 aromatic carbocycles. The number of halogens is 1. The number of hydrogen-bond acceptors (Lipinski definition) is 1. The van der Waals surface area contributed by atoms with Crippen LogP contribution in [0.25, 0.3) is 0 Å². The van der Waals surface area contributed by atoms with E-state index in [1.807, 2.05) is 0 Å². The van der Waals surface area contributed by atoms with Gasteiger partial charge in [-0.2, -0.15) is 0 Å². The first-order valence-corrected chi connectivity index (χ1v) is 6.54. The first-order chi connectivity index (χ1) is 6.68. The first-order valence-electron chi connectivity index (χ1n) is 5.63. The van der Waals surface area contributed by atoms with Gasteiger partial charge in [0.05, 0.1) is 4.83 Å². The molecule has 1 amide bonds. The van der Waals surface area contributed by atoms with Crippen LogP contribution in [0.3, 0.4) is 0 Å². The highest BCUT2D eigenvalue weighted by atomic mass is 79.9. The van der Waals surface area contributed by atoms with Crippen molar-refractivity contribution in [2.45, 2.75) is 49.9 Å². The summed E-state index contributed by atoms with van der Waals surface area (Å²) in [6, 6.07) is 0.540. The van der Waals surface area contributed by atoms with Crippen LogP contribution in [0.4, 0.5) is 0 Å². The van der Waals surface area contributed by atoms with E-state index in [9.17, 15) is 4.79 Å². The van der Waals surface area contributed by atoms with Crippen LogP contribution in [0, 0.1) is 5.92 Å². The fourth-order valence-electron chi connectivity index (χ4n) is 2.68. The third-order valence-electron chi connectivity index (χ3n) is 3.52. The highest BCUT2D eigenvalue weighted by molar-refractivity contribution is 9.10. The second-order valence-electron chi connectivity index (χ2n) is 4.71. The fourth-order valence-corrected chi connectivity index (χ4v) is 3.26. The molecule has 80 valence electrons. The van der Waals surface area contributed by atoms with Crippen molar-refractivity contribution in [3.8, 4) is 0 Å². The number of hydrogen-bond donors (Lipinski definition) is 0. The minimum Gasteiger partial charge on any atom is -0.339 e. The molecule has 1 saturated heterocycles. The Morgan fingerprint density at radius 2 is 2.14 bits per heavy atom. The van der Waals surface area contributed by atoms with E-state index in [-0.39, 0.29) is 4.83 Å². The van der Waals surface area contributed by atoms with Crippen LogP contribution in [0.15, 0.2) is 0 Å². The van der Waals surface area contributed by atoms with E-state index in [0.29, 0.717) is 11.9 Å². The maximum Gasteiger partial charge on any atom is 0.236 e. The summed E-state index contributed by atoms with van der Waals surface area (Å²) in [4.78, 5) is 14.1. The van der Waals surface area contributed by atoms with Gasteiger partial charge in [0.1, 0.15) is 0 Å². The zero-order valence-electron chi connectivity index (χ0n) is 8.71. The number of rotatable bonds is 1. The Labute approximate surface area is 94.2 Å². The van der Waals surface area contributed by atoms with Gasteiger partial charge in [0.15, 0.2) is 0 Å². The molecule has 1 saturated carbocycles. The van der Waals surface area contributed by atoms with Crippen LogP contribution in [0.2, 0.25) is 0 Å². The molecule has 3 atom stereocenters. The summed E-state index contributed by atoms with van der Waals surface area (Å²) in [5, 5.41) is 0.